The average molecular weight is 424 g/mol. The summed E-state index contributed by atoms with van der Waals surface area (Å²) in [6, 6.07) is 18.8. The van der Waals surface area contributed by atoms with Gasteiger partial charge >= 0.3 is 5.97 Å². The number of hydrogen-bond acceptors (Lipinski definition) is 3. The van der Waals surface area contributed by atoms with E-state index >= 15 is 0 Å². The number of benzene rings is 3. The number of fused-ring (bicyclic) bond motifs is 1. The van der Waals surface area contributed by atoms with Gasteiger partial charge in [-0.05, 0) is 53.6 Å². The predicted molar refractivity (Wildman–Crippen MR) is 112 cm³/mol. The number of carbonyl (C=O) groups excluding carboxylic acids is 2. The third-order valence-corrected chi connectivity index (χ3v) is 4.37. The van der Waals surface area contributed by atoms with Gasteiger partial charge < -0.3 is 10.1 Å². The van der Waals surface area contributed by atoms with Gasteiger partial charge in [0.1, 0.15) is 0 Å². The molecule has 3 rings (SSSR count). The summed E-state index contributed by atoms with van der Waals surface area (Å²) >= 11 is 3.46. The first-order valence-electron chi connectivity index (χ1n) is 8.51. The minimum Gasteiger partial charge on any atom is -0.463 e. The van der Waals surface area contributed by atoms with Gasteiger partial charge in [0.15, 0.2) is 0 Å². The monoisotopic (exact) mass is 423 g/mol. The molecule has 0 aliphatic rings. The van der Waals surface area contributed by atoms with Crippen LogP contribution in [0.4, 0.5) is 5.69 Å². The van der Waals surface area contributed by atoms with Crippen LogP contribution in [0.2, 0.25) is 0 Å². The number of anilines is 1. The number of carbonyl (C=O) groups is 2. The topological polar surface area (TPSA) is 55.4 Å². The Morgan fingerprint density at radius 1 is 1.07 bits per heavy atom. The molecule has 0 saturated heterocycles. The van der Waals surface area contributed by atoms with Gasteiger partial charge in [-0.15, -0.1) is 0 Å². The van der Waals surface area contributed by atoms with Gasteiger partial charge in [-0.1, -0.05) is 52.3 Å². The molecule has 0 aliphatic carbocycles. The van der Waals surface area contributed by atoms with E-state index in [1.807, 2.05) is 48.5 Å². The number of hydrogen-bond donors (Lipinski definition) is 1. The maximum Gasteiger partial charge on any atom is 0.330 e. The van der Waals surface area contributed by atoms with Crippen LogP contribution in [-0.4, -0.2) is 18.5 Å². The first-order chi connectivity index (χ1) is 13.1. The van der Waals surface area contributed by atoms with Gasteiger partial charge in [0, 0.05) is 21.8 Å². The Labute approximate surface area is 166 Å². The Morgan fingerprint density at radius 3 is 2.70 bits per heavy atom. The Balaban J connectivity index is 1.83. The zero-order valence-electron chi connectivity index (χ0n) is 14.7. The third-order valence-electron chi connectivity index (χ3n) is 3.91. The molecule has 0 atom stereocenters. The summed E-state index contributed by atoms with van der Waals surface area (Å²) in [5.41, 5.74) is 2.03. The maximum atomic E-state index is 12.8. The number of esters is 1. The van der Waals surface area contributed by atoms with Crippen LogP contribution in [0.25, 0.3) is 16.8 Å². The minimum absolute atomic E-state index is 0.195. The van der Waals surface area contributed by atoms with Gasteiger partial charge in [0.25, 0.3) is 5.91 Å². The summed E-state index contributed by atoms with van der Waals surface area (Å²) < 4.78 is 5.71. The lowest BCUT2D eigenvalue weighted by atomic mass is 10.0. The lowest BCUT2D eigenvalue weighted by Gasteiger charge is -2.10. The molecule has 3 aromatic rings. The SMILES string of the molecule is CCOC(=O)C=Cc1cccc(NC(=O)c2cc(Br)cc3ccccc23)c1. The van der Waals surface area contributed by atoms with Crippen LogP contribution in [0.3, 0.4) is 0 Å². The summed E-state index contributed by atoms with van der Waals surface area (Å²) in [6.45, 7) is 2.09. The van der Waals surface area contributed by atoms with Gasteiger partial charge in [0.05, 0.1) is 6.61 Å². The molecule has 27 heavy (non-hydrogen) atoms. The zero-order chi connectivity index (χ0) is 19.2. The van der Waals surface area contributed by atoms with E-state index in [2.05, 4.69) is 21.2 Å². The molecule has 0 spiro atoms. The van der Waals surface area contributed by atoms with E-state index in [4.69, 9.17) is 4.74 Å². The van der Waals surface area contributed by atoms with Crippen LogP contribution in [0.5, 0.6) is 0 Å². The van der Waals surface area contributed by atoms with Crippen molar-refractivity contribution < 1.29 is 14.3 Å². The van der Waals surface area contributed by atoms with Gasteiger partial charge in [0.2, 0.25) is 0 Å². The number of rotatable bonds is 5. The summed E-state index contributed by atoms with van der Waals surface area (Å²) in [5, 5.41) is 4.80. The smallest absolute Gasteiger partial charge is 0.330 e. The Kier molecular flexibility index (Phi) is 6.04. The molecule has 5 heteroatoms. The number of halogens is 1. The van der Waals surface area contributed by atoms with Crippen molar-refractivity contribution in [2.24, 2.45) is 0 Å². The van der Waals surface area contributed by atoms with Crippen LogP contribution >= 0.6 is 15.9 Å². The number of ether oxygens (including phenoxy) is 1. The quantitative estimate of drug-likeness (QED) is 0.439. The van der Waals surface area contributed by atoms with Gasteiger partial charge in [-0.25, -0.2) is 4.79 Å². The van der Waals surface area contributed by atoms with E-state index < -0.39 is 5.97 Å². The van der Waals surface area contributed by atoms with Crippen LogP contribution in [0.15, 0.2) is 71.2 Å². The van der Waals surface area contributed by atoms with Crippen molar-refractivity contribution in [2.45, 2.75) is 6.92 Å². The van der Waals surface area contributed by atoms with Crippen LogP contribution in [-0.2, 0) is 9.53 Å². The average Bonchev–Trinajstić information content (AvgIpc) is 2.66. The lowest BCUT2D eigenvalue weighted by Crippen LogP contribution is -2.12. The molecule has 0 heterocycles. The third kappa shape index (κ3) is 4.83. The molecule has 0 unspecified atom stereocenters. The van der Waals surface area contributed by atoms with Crippen molar-refractivity contribution in [3.63, 3.8) is 0 Å². The minimum atomic E-state index is -0.396. The Bertz CT molecular complexity index is 1030. The molecule has 0 aromatic heterocycles. The molecule has 0 bridgehead atoms. The van der Waals surface area contributed by atoms with Crippen molar-refractivity contribution in [1.82, 2.24) is 0 Å². The molecule has 0 radical (unpaired) electrons. The molecule has 0 saturated carbocycles. The molecular weight excluding hydrogens is 406 g/mol. The van der Waals surface area contributed by atoms with Crippen LogP contribution < -0.4 is 5.32 Å². The maximum absolute atomic E-state index is 12.8. The molecule has 136 valence electrons. The second-order valence-electron chi connectivity index (χ2n) is 5.84. The molecule has 0 fully saturated rings. The second-order valence-corrected chi connectivity index (χ2v) is 6.76. The van der Waals surface area contributed by atoms with Crippen molar-refractivity contribution in [1.29, 1.82) is 0 Å². The molecular formula is C22H18BrNO3. The van der Waals surface area contributed by atoms with E-state index in [0.29, 0.717) is 17.9 Å². The van der Waals surface area contributed by atoms with E-state index in [1.165, 1.54) is 6.08 Å². The Morgan fingerprint density at radius 2 is 1.89 bits per heavy atom. The standard InChI is InChI=1S/C22H18BrNO3/c1-2-27-21(25)11-10-15-6-5-8-18(12-15)24-22(26)20-14-17(23)13-16-7-3-4-9-19(16)20/h3-14H,2H2,1H3,(H,24,26). The van der Waals surface area contributed by atoms with Gasteiger partial charge in [-0.2, -0.15) is 0 Å². The molecule has 1 N–H and O–H groups in total. The van der Waals surface area contributed by atoms with E-state index in [0.717, 1.165) is 20.8 Å². The summed E-state index contributed by atoms with van der Waals surface area (Å²) in [7, 11) is 0. The van der Waals surface area contributed by atoms with Crippen molar-refractivity contribution >= 4 is 50.3 Å². The van der Waals surface area contributed by atoms with Crippen LogP contribution in [0, 0.1) is 0 Å². The largest absolute Gasteiger partial charge is 0.463 e. The van der Waals surface area contributed by atoms with E-state index in [9.17, 15) is 9.59 Å². The van der Waals surface area contributed by atoms with Gasteiger partial charge in [-0.3, -0.25) is 4.79 Å². The fraction of sp³-hybridized carbons (Fsp3) is 0.0909. The normalized spacial score (nSPS) is 10.9. The van der Waals surface area contributed by atoms with Crippen molar-refractivity contribution in [3.8, 4) is 0 Å². The van der Waals surface area contributed by atoms with Crippen molar-refractivity contribution in [2.75, 3.05) is 11.9 Å². The number of nitrogens with one attached hydrogen (secondary N) is 1. The molecule has 1 amide bonds. The fourth-order valence-corrected chi connectivity index (χ4v) is 3.21. The van der Waals surface area contributed by atoms with Crippen LogP contribution in [0.1, 0.15) is 22.8 Å². The van der Waals surface area contributed by atoms with E-state index in [-0.39, 0.29) is 5.91 Å². The highest BCUT2D eigenvalue weighted by Crippen LogP contribution is 2.25. The van der Waals surface area contributed by atoms with E-state index in [1.54, 1.807) is 25.1 Å². The first-order valence-corrected chi connectivity index (χ1v) is 9.30. The highest BCUT2D eigenvalue weighted by atomic mass is 79.9. The summed E-state index contributed by atoms with van der Waals surface area (Å²) in [5.74, 6) is -0.591. The second kappa shape index (κ2) is 8.64. The molecule has 0 aliphatic heterocycles. The highest BCUT2D eigenvalue weighted by Gasteiger charge is 2.11. The fourth-order valence-electron chi connectivity index (χ4n) is 2.74. The molecule has 4 nitrogen and oxygen atoms in total. The number of amides is 1. The predicted octanol–water partition coefficient (Wildman–Crippen LogP) is 5.43. The Hall–Kier alpha value is -2.92. The first kappa shape index (κ1) is 18.9. The zero-order valence-corrected chi connectivity index (χ0v) is 16.3. The molecule has 3 aromatic carbocycles. The lowest BCUT2D eigenvalue weighted by molar-refractivity contribution is -0.137. The van der Waals surface area contributed by atoms with Crippen molar-refractivity contribution in [3.05, 3.63) is 82.3 Å². The summed E-state index contributed by atoms with van der Waals surface area (Å²) in [6.07, 6.45) is 3.02. The highest BCUT2D eigenvalue weighted by molar-refractivity contribution is 9.10. The summed E-state index contributed by atoms with van der Waals surface area (Å²) in [4.78, 5) is 24.3.